The minimum absolute atomic E-state index is 0.00161. The van der Waals surface area contributed by atoms with Crippen molar-refractivity contribution in [2.45, 2.75) is 25.9 Å². The van der Waals surface area contributed by atoms with E-state index < -0.39 is 0 Å². The highest BCUT2D eigenvalue weighted by Crippen LogP contribution is 2.27. The van der Waals surface area contributed by atoms with Crippen LogP contribution in [-0.2, 0) is 4.79 Å². The number of likely N-dealkylation sites (tertiary alicyclic amines) is 1. The molecule has 1 heterocycles. The van der Waals surface area contributed by atoms with Crippen LogP contribution in [0.1, 0.15) is 30.1 Å². The molecule has 0 aromatic heterocycles. The summed E-state index contributed by atoms with van der Waals surface area (Å²) in [5, 5.41) is 2.90. The summed E-state index contributed by atoms with van der Waals surface area (Å²) in [6, 6.07) is 5.27. The Kier molecular flexibility index (Phi) is 7.43. The monoisotopic (exact) mass is 366 g/mol. The minimum atomic E-state index is -0.163. The number of ether oxygens (including phenoxy) is 2. The molecule has 7 heteroatoms. The van der Waals surface area contributed by atoms with Crippen LogP contribution in [0.3, 0.4) is 0 Å². The fourth-order valence-electron chi connectivity index (χ4n) is 2.75. The van der Waals surface area contributed by atoms with Gasteiger partial charge in [-0.15, -0.1) is 0 Å². The summed E-state index contributed by atoms with van der Waals surface area (Å²) in [6.45, 7) is 3.56. The fourth-order valence-corrected chi connectivity index (χ4v) is 3.05. The standard InChI is InChI=1S/C18H26N2O4S/c1-13(21)20-9-6-14(7-10-20)24-17-5-4-15(23-2)12-16(17)18(22)19-8-11-25-3/h4-5,12,14H,6-11H2,1-3H3,(H,19,22). The second-order valence-corrected chi connectivity index (χ2v) is 6.92. The van der Waals surface area contributed by atoms with Crippen molar-refractivity contribution >= 4 is 23.6 Å². The van der Waals surface area contributed by atoms with Gasteiger partial charge in [0.05, 0.1) is 12.7 Å². The van der Waals surface area contributed by atoms with Gasteiger partial charge in [0.1, 0.15) is 17.6 Å². The lowest BCUT2D eigenvalue weighted by atomic mass is 10.1. The molecule has 25 heavy (non-hydrogen) atoms. The van der Waals surface area contributed by atoms with Gasteiger partial charge >= 0.3 is 0 Å². The highest BCUT2D eigenvalue weighted by molar-refractivity contribution is 7.98. The number of benzene rings is 1. The number of nitrogens with one attached hydrogen (secondary N) is 1. The van der Waals surface area contributed by atoms with Crippen LogP contribution >= 0.6 is 11.8 Å². The summed E-state index contributed by atoms with van der Waals surface area (Å²) in [5.41, 5.74) is 0.481. The lowest BCUT2D eigenvalue weighted by Gasteiger charge is -2.31. The summed E-state index contributed by atoms with van der Waals surface area (Å²) in [5.74, 6) is 1.97. The lowest BCUT2D eigenvalue weighted by Crippen LogP contribution is -2.40. The predicted molar refractivity (Wildman–Crippen MR) is 99.6 cm³/mol. The molecule has 1 aliphatic rings. The van der Waals surface area contributed by atoms with Crippen LogP contribution in [0, 0.1) is 0 Å². The molecule has 6 nitrogen and oxygen atoms in total. The first-order valence-corrected chi connectivity index (χ1v) is 9.82. The number of hydrogen-bond acceptors (Lipinski definition) is 5. The molecule has 1 aromatic carbocycles. The first-order chi connectivity index (χ1) is 12.0. The van der Waals surface area contributed by atoms with Crippen molar-refractivity contribution in [1.29, 1.82) is 0 Å². The van der Waals surface area contributed by atoms with Crippen LogP contribution in [0.4, 0.5) is 0 Å². The van der Waals surface area contributed by atoms with E-state index >= 15 is 0 Å². The minimum Gasteiger partial charge on any atom is -0.497 e. The van der Waals surface area contributed by atoms with E-state index in [1.165, 1.54) is 0 Å². The van der Waals surface area contributed by atoms with Gasteiger partial charge < -0.3 is 19.7 Å². The number of carbonyl (C=O) groups is 2. The molecule has 0 bridgehead atoms. The number of hydrogen-bond donors (Lipinski definition) is 1. The molecule has 1 fully saturated rings. The summed E-state index contributed by atoms with van der Waals surface area (Å²) in [6.07, 6.45) is 3.53. The molecule has 2 rings (SSSR count). The zero-order valence-corrected chi connectivity index (χ0v) is 15.9. The van der Waals surface area contributed by atoms with Gasteiger partial charge in [-0.3, -0.25) is 9.59 Å². The molecule has 0 saturated carbocycles. The van der Waals surface area contributed by atoms with Crippen LogP contribution in [0.5, 0.6) is 11.5 Å². The van der Waals surface area contributed by atoms with Crippen molar-refractivity contribution < 1.29 is 19.1 Å². The maximum Gasteiger partial charge on any atom is 0.255 e. The smallest absolute Gasteiger partial charge is 0.255 e. The number of carbonyl (C=O) groups excluding carboxylic acids is 2. The molecule has 0 unspecified atom stereocenters. The fraction of sp³-hybridized carbons (Fsp3) is 0.556. The second-order valence-electron chi connectivity index (χ2n) is 5.93. The molecule has 2 amide bonds. The Hall–Kier alpha value is -1.89. The van der Waals surface area contributed by atoms with Gasteiger partial charge in [-0.25, -0.2) is 0 Å². The van der Waals surface area contributed by atoms with Gasteiger partial charge in [-0.2, -0.15) is 11.8 Å². The Morgan fingerprint density at radius 1 is 1.32 bits per heavy atom. The van der Waals surface area contributed by atoms with Gasteiger partial charge in [0, 0.05) is 45.2 Å². The average Bonchev–Trinajstić information content (AvgIpc) is 2.62. The number of amides is 2. The topological polar surface area (TPSA) is 67.9 Å². The molecule has 0 spiro atoms. The van der Waals surface area contributed by atoms with E-state index in [0.717, 1.165) is 18.6 Å². The Balaban J connectivity index is 2.06. The van der Waals surface area contributed by atoms with E-state index in [-0.39, 0.29) is 17.9 Å². The molecular formula is C18H26N2O4S. The zero-order valence-electron chi connectivity index (χ0n) is 15.0. The maximum absolute atomic E-state index is 12.5. The van der Waals surface area contributed by atoms with Gasteiger partial charge in [0.15, 0.2) is 0 Å². The van der Waals surface area contributed by atoms with Gasteiger partial charge in [0.2, 0.25) is 5.91 Å². The zero-order chi connectivity index (χ0) is 18.2. The Labute approximate surface area is 153 Å². The lowest BCUT2D eigenvalue weighted by molar-refractivity contribution is -0.130. The number of piperidine rings is 1. The molecule has 0 atom stereocenters. The average molecular weight is 366 g/mol. The molecule has 138 valence electrons. The van der Waals surface area contributed by atoms with Crippen LogP contribution < -0.4 is 14.8 Å². The highest BCUT2D eigenvalue weighted by Gasteiger charge is 2.24. The van der Waals surface area contributed by atoms with Gasteiger partial charge in [-0.1, -0.05) is 0 Å². The molecule has 1 aliphatic heterocycles. The molecule has 1 N–H and O–H groups in total. The summed E-state index contributed by atoms with van der Waals surface area (Å²) in [7, 11) is 1.57. The predicted octanol–water partition coefficient (Wildman–Crippen LogP) is 2.18. The third-order valence-corrected chi connectivity index (χ3v) is 4.82. The van der Waals surface area contributed by atoms with Crippen molar-refractivity contribution in [1.82, 2.24) is 10.2 Å². The van der Waals surface area contributed by atoms with Crippen LogP contribution in [0.2, 0.25) is 0 Å². The Morgan fingerprint density at radius 2 is 2.04 bits per heavy atom. The second kappa shape index (κ2) is 9.56. The van der Waals surface area contributed by atoms with Crippen molar-refractivity contribution in [2.75, 3.05) is 38.8 Å². The number of nitrogens with zero attached hydrogens (tertiary/aromatic N) is 1. The van der Waals surface area contributed by atoms with E-state index in [9.17, 15) is 9.59 Å². The maximum atomic E-state index is 12.5. The number of methoxy groups -OCH3 is 1. The van der Waals surface area contributed by atoms with E-state index in [1.807, 2.05) is 11.2 Å². The molecule has 1 saturated heterocycles. The Morgan fingerprint density at radius 3 is 2.64 bits per heavy atom. The highest BCUT2D eigenvalue weighted by atomic mass is 32.2. The first-order valence-electron chi connectivity index (χ1n) is 8.42. The first kappa shape index (κ1) is 19.4. The molecule has 1 aromatic rings. The quantitative estimate of drug-likeness (QED) is 0.749. The van der Waals surface area contributed by atoms with E-state index in [2.05, 4.69) is 5.32 Å². The van der Waals surface area contributed by atoms with Crippen molar-refractivity contribution in [3.8, 4) is 11.5 Å². The third-order valence-electron chi connectivity index (χ3n) is 4.20. The molecule has 0 radical (unpaired) electrons. The van der Waals surface area contributed by atoms with Gasteiger partial charge in [0.25, 0.3) is 5.91 Å². The van der Waals surface area contributed by atoms with Crippen molar-refractivity contribution in [2.24, 2.45) is 0 Å². The van der Waals surface area contributed by atoms with E-state index in [4.69, 9.17) is 9.47 Å². The summed E-state index contributed by atoms with van der Waals surface area (Å²) in [4.78, 5) is 25.7. The molecular weight excluding hydrogens is 340 g/mol. The summed E-state index contributed by atoms with van der Waals surface area (Å²) >= 11 is 1.68. The van der Waals surface area contributed by atoms with Crippen LogP contribution in [-0.4, -0.2) is 61.6 Å². The van der Waals surface area contributed by atoms with E-state index in [1.54, 1.807) is 44.0 Å². The summed E-state index contributed by atoms with van der Waals surface area (Å²) < 4.78 is 11.3. The molecule has 0 aliphatic carbocycles. The van der Waals surface area contributed by atoms with Crippen LogP contribution in [0.25, 0.3) is 0 Å². The largest absolute Gasteiger partial charge is 0.497 e. The Bertz CT molecular complexity index is 601. The SMILES string of the molecule is COc1ccc(OC2CCN(C(C)=O)CC2)c(C(=O)NCCSC)c1. The number of thioether (sulfide) groups is 1. The van der Waals surface area contributed by atoms with Gasteiger partial charge in [-0.05, 0) is 24.5 Å². The van der Waals surface area contributed by atoms with E-state index in [0.29, 0.717) is 36.7 Å². The normalized spacial score (nSPS) is 14.9. The van der Waals surface area contributed by atoms with Crippen molar-refractivity contribution in [3.63, 3.8) is 0 Å². The van der Waals surface area contributed by atoms with Crippen molar-refractivity contribution in [3.05, 3.63) is 23.8 Å². The van der Waals surface area contributed by atoms with Crippen LogP contribution in [0.15, 0.2) is 18.2 Å². The number of rotatable bonds is 7. The third kappa shape index (κ3) is 5.56.